The van der Waals surface area contributed by atoms with Crippen molar-refractivity contribution in [3.63, 3.8) is 0 Å². The SMILES string of the molecule is CNC(c1cnc2ccccc2c1)C1COC(C)C1. The summed E-state index contributed by atoms with van der Waals surface area (Å²) in [6.45, 7) is 2.98. The molecule has 19 heavy (non-hydrogen) atoms. The van der Waals surface area contributed by atoms with E-state index in [1.54, 1.807) is 0 Å². The highest BCUT2D eigenvalue weighted by Crippen LogP contribution is 2.32. The fraction of sp³-hybridized carbons (Fsp3) is 0.438. The summed E-state index contributed by atoms with van der Waals surface area (Å²) in [5.74, 6) is 0.531. The minimum Gasteiger partial charge on any atom is -0.378 e. The molecule has 2 aromatic rings. The molecule has 0 bridgehead atoms. The molecule has 0 amide bonds. The van der Waals surface area contributed by atoms with Gasteiger partial charge in [0.15, 0.2) is 0 Å². The van der Waals surface area contributed by atoms with Gasteiger partial charge in [-0.3, -0.25) is 4.98 Å². The molecule has 0 radical (unpaired) electrons. The summed E-state index contributed by atoms with van der Waals surface area (Å²) in [6.07, 6.45) is 3.47. The Hall–Kier alpha value is -1.45. The highest BCUT2D eigenvalue weighted by molar-refractivity contribution is 5.78. The van der Waals surface area contributed by atoms with Crippen molar-refractivity contribution < 1.29 is 4.74 Å². The molecule has 3 heteroatoms. The van der Waals surface area contributed by atoms with Gasteiger partial charge in [0.05, 0.1) is 18.2 Å². The van der Waals surface area contributed by atoms with Gasteiger partial charge >= 0.3 is 0 Å². The number of rotatable bonds is 3. The van der Waals surface area contributed by atoms with Crippen LogP contribution in [0.5, 0.6) is 0 Å². The third-order valence-corrected chi connectivity index (χ3v) is 3.98. The largest absolute Gasteiger partial charge is 0.378 e. The monoisotopic (exact) mass is 256 g/mol. The normalized spacial score (nSPS) is 24.7. The number of nitrogens with zero attached hydrogens (tertiary/aromatic N) is 1. The van der Waals surface area contributed by atoms with E-state index in [1.165, 1.54) is 10.9 Å². The van der Waals surface area contributed by atoms with Crippen LogP contribution in [0.3, 0.4) is 0 Å². The van der Waals surface area contributed by atoms with E-state index in [9.17, 15) is 0 Å². The molecule has 1 aromatic carbocycles. The molecule has 100 valence electrons. The lowest BCUT2D eigenvalue weighted by molar-refractivity contribution is 0.117. The number of hydrogen-bond donors (Lipinski definition) is 1. The van der Waals surface area contributed by atoms with Crippen molar-refractivity contribution in [2.45, 2.75) is 25.5 Å². The fourth-order valence-corrected chi connectivity index (χ4v) is 3.02. The summed E-state index contributed by atoms with van der Waals surface area (Å²) in [7, 11) is 2.02. The Morgan fingerprint density at radius 2 is 2.21 bits per heavy atom. The van der Waals surface area contributed by atoms with Crippen LogP contribution >= 0.6 is 0 Å². The van der Waals surface area contributed by atoms with Crippen molar-refractivity contribution in [3.05, 3.63) is 42.1 Å². The summed E-state index contributed by atoms with van der Waals surface area (Å²) in [6, 6.07) is 10.8. The highest BCUT2D eigenvalue weighted by Gasteiger charge is 2.29. The Bertz CT molecular complexity index is 569. The van der Waals surface area contributed by atoms with Gasteiger partial charge in [-0.05, 0) is 38.1 Å². The van der Waals surface area contributed by atoms with E-state index < -0.39 is 0 Å². The number of nitrogens with one attached hydrogen (secondary N) is 1. The van der Waals surface area contributed by atoms with Gasteiger partial charge in [-0.25, -0.2) is 0 Å². The van der Waals surface area contributed by atoms with Crippen LogP contribution in [0.1, 0.15) is 24.9 Å². The molecule has 0 saturated carbocycles. The Morgan fingerprint density at radius 1 is 1.37 bits per heavy atom. The minimum absolute atomic E-state index is 0.321. The van der Waals surface area contributed by atoms with Gasteiger partial charge in [0.25, 0.3) is 0 Å². The third kappa shape index (κ3) is 2.48. The highest BCUT2D eigenvalue weighted by atomic mass is 16.5. The lowest BCUT2D eigenvalue weighted by Gasteiger charge is -2.22. The smallest absolute Gasteiger partial charge is 0.0702 e. The maximum Gasteiger partial charge on any atom is 0.0702 e. The van der Waals surface area contributed by atoms with Gasteiger partial charge in [-0.2, -0.15) is 0 Å². The second-order valence-electron chi connectivity index (χ2n) is 5.37. The van der Waals surface area contributed by atoms with E-state index in [4.69, 9.17) is 4.74 Å². The van der Waals surface area contributed by atoms with Crippen molar-refractivity contribution in [1.29, 1.82) is 0 Å². The van der Waals surface area contributed by atoms with Crippen LogP contribution in [0.4, 0.5) is 0 Å². The number of ether oxygens (including phenoxy) is 1. The topological polar surface area (TPSA) is 34.2 Å². The number of aromatic nitrogens is 1. The van der Waals surface area contributed by atoms with Crippen LogP contribution in [-0.4, -0.2) is 24.7 Å². The van der Waals surface area contributed by atoms with Crippen molar-refractivity contribution in [3.8, 4) is 0 Å². The second-order valence-corrected chi connectivity index (χ2v) is 5.37. The Balaban J connectivity index is 1.92. The van der Waals surface area contributed by atoms with Crippen LogP contribution in [-0.2, 0) is 4.74 Å². The van der Waals surface area contributed by atoms with Crippen LogP contribution < -0.4 is 5.32 Å². The molecule has 1 fully saturated rings. The lowest BCUT2D eigenvalue weighted by Crippen LogP contribution is -2.25. The molecule has 1 aliphatic rings. The van der Waals surface area contributed by atoms with E-state index in [0.717, 1.165) is 18.5 Å². The molecule has 3 atom stereocenters. The number of benzene rings is 1. The van der Waals surface area contributed by atoms with E-state index in [2.05, 4.69) is 35.4 Å². The summed E-state index contributed by atoms with van der Waals surface area (Å²) in [5.41, 5.74) is 2.31. The Kier molecular flexibility index (Phi) is 3.49. The number of hydrogen-bond acceptors (Lipinski definition) is 3. The van der Waals surface area contributed by atoms with E-state index >= 15 is 0 Å². The number of pyridine rings is 1. The summed E-state index contributed by atoms with van der Waals surface area (Å²) < 4.78 is 5.70. The van der Waals surface area contributed by atoms with E-state index in [1.807, 2.05) is 25.4 Å². The predicted molar refractivity (Wildman–Crippen MR) is 77.1 cm³/mol. The zero-order valence-corrected chi connectivity index (χ0v) is 11.5. The van der Waals surface area contributed by atoms with Crippen molar-refractivity contribution in [2.75, 3.05) is 13.7 Å². The molecule has 3 unspecified atom stereocenters. The van der Waals surface area contributed by atoms with Crippen LogP contribution in [0.25, 0.3) is 10.9 Å². The first-order chi connectivity index (χ1) is 9.28. The Morgan fingerprint density at radius 3 is 2.95 bits per heavy atom. The van der Waals surface area contributed by atoms with Crippen LogP contribution in [0.15, 0.2) is 36.5 Å². The molecule has 1 aromatic heterocycles. The standard InChI is InChI=1S/C16H20N2O/c1-11-7-14(10-19-11)16(17-2)13-8-12-5-3-4-6-15(12)18-9-13/h3-6,8-9,11,14,16-17H,7,10H2,1-2H3. The number of fused-ring (bicyclic) bond motifs is 1. The summed E-state index contributed by atoms with van der Waals surface area (Å²) >= 11 is 0. The molecule has 1 aliphatic heterocycles. The maximum absolute atomic E-state index is 5.70. The van der Waals surface area contributed by atoms with Crippen molar-refractivity contribution in [1.82, 2.24) is 10.3 Å². The van der Waals surface area contributed by atoms with Crippen molar-refractivity contribution >= 4 is 10.9 Å². The minimum atomic E-state index is 0.321. The molecule has 3 rings (SSSR count). The first-order valence-electron chi connectivity index (χ1n) is 6.91. The quantitative estimate of drug-likeness (QED) is 0.917. The maximum atomic E-state index is 5.70. The molecule has 1 N–H and O–H groups in total. The first kappa shape index (κ1) is 12.6. The average Bonchev–Trinajstić information content (AvgIpc) is 2.86. The molecular formula is C16H20N2O. The third-order valence-electron chi connectivity index (χ3n) is 3.98. The van der Waals surface area contributed by atoms with Gasteiger partial charge in [0, 0.05) is 23.5 Å². The van der Waals surface area contributed by atoms with Crippen LogP contribution in [0.2, 0.25) is 0 Å². The molecule has 2 heterocycles. The van der Waals surface area contributed by atoms with E-state index in [0.29, 0.717) is 18.1 Å². The van der Waals surface area contributed by atoms with Gasteiger partial charge < -0.3 is 10.1 Å². The summed E-state index contributed by atoms with van der Waals surface area (Å²) in [5, 5.41) is 4.63. The van der Waals surface area contributed by atoms with Crippen LogP contribution in [0, 0.1) is 5.92 Å². The Labute approximate surface area is 114 Å². The van der Waals surface area contributed by atoms with Crippen molar-refractivity contribution in [2.24, 2.45) is 5.92 Å². The predicted octanol–water partition coefficient (Wildman–Crippen LogP) is 2.92. The average molecular weight is 256 g/mol. The first-order valence-corrected chi connectivity index (χ1v) is 6.91. The fourth-order valence-electron chi connectivity index (χ4n) is 3.02. The molecular weight excluding hydrogens is 236 g/mol. The van der Waals surface area contributed by atoms with Gasteiger partial charge in [-0.1, -0.05) is 18.2 Å². The van der Waals surface area contributed by atoms with E-state index in [-0.39, 0.29) is 0 Å². The van der Waals surface area contributed by atoms with Gasteiger partial charge in [0.1, 0.15) is 0 Å². The lowest BCUT2D eigenvalue weighted by atomic mass is 9.91. The van der Waals surface area contributed by atoms with Gasteiger partial charge in [-0.15, -0.1) is 0 Å². The molecule has 0 aliphatic carbocycles. The second kappa shape index (κ2) is 5.27. The van der Waals surface area contributed by atoms with Gasteiger partial charge in [0.2, 0.25) is 0 Å². The zero-order valence-electron chi connectivity index (χ0n) is 11.5. The molecule has 0 spiro atoms. The zero-order chi connectivity index (χ0) is 13.2. The molecule has 3 nitrogen and oxygen atoms in total. The number of para-hydroxylation sites is 1. The summed E-state index contributed by atoms with van der Waals surface area (Å²) in [4.78, 5) is 4.56. The molecule has 1 saturated heterocycles.